The smallest absolute Gasteiger partial charge is 0.582 e. The van der Waals surface area contributed by atoms with Gasteiger partial charge < -0.3 is 57.1 Å². The van der Waals surface area contributed by atoms with Gasteiger partial charge >= 0.3 is 17.1 Å². The van der Waals surface area contributed by atoms with Crippen molar-refractivity contribution in [3.63, 3.8) is 0 Å². The molecule has 0 unspecified atom stereocenters. The molecule has 0 atom stereocenters. The van der Waals surface area contributed by atoms with Crippen molar-refractivity contribution in [3.8, 4) is 0 Å². The predicted molar refractivity (Wildman–Crippen MR) is 70.7 cm³/mol. The van der Waals surface area contributed by atoms with Crippen molar-refractivity contribution in [1.82, 2.24) is 20.4 Å². The number of aromatic nitrogens is 4. The van der Waals surface area contributed by atoms with Crippen molar-refractivity contribution in [2.75, 3.05) is 0 Å². The molecule has 0 aromatic carbocycles. The van der Waals surface area contributed by atoms with E-state index >= 15 is 0 Å². The van der Waals surface area contributed by atoms with Gasteiger partial charge in [-0.2, -0.15) is 6.20 Å². The molecule has 2 aromatic rings. The molecule has 0 fully saturated rings. The number of nitrogens with zero attached hydrogens (tertiary/aromatic N) is 7. The van der Waals surface area contributed by atoms with Crippen LogP contribution in [0.15, 0.2) is 24.5 Å². The Morgan fingerprint density at radius 2 is 1.50 bits per heavy atom. The largest absolute Gasteiger partial charge is 4.00 e. The zero-order valence-electron chi connectivity index (χ0n) is 11.4. The first-order valence-electron chi connectivity index (χ1n) is 4.41. The van der Waals surface area contributed by atoms with Crippen LogP contribution >= 0.6 is 0 Å². The van der Waals surface area contributed by atoms with Crippen LogP contribution < -0.4 is 16.1 Å². The molecule has 2 heterocycles. The number of hydrogen-bond acceptors (Lipinski definition) is 7. The molecule has 0 radical (unpaired) electrons. The van der Waals surface area contributed by atoms with Crippen molar-refractivity contribution < 1.29 is 39.3 Å². The van der Waals surface area contributed by atoms with Gasteiger partial charge in [0.05, 0.1) is 0 Å². The van der Waals surface area contributed by atoms with Gasteiger partial charge in [-0.25, -0.2) is 5.90 Å². The van der Waals surface area contributed by atoms with E-state index in [4.69, 9.17) is 36.7 Å². The first-order chi connectivity index (χ1) is 9.79. The third-order valence-electron chi connectivity index (χ3n) is 1.20. The minimum absolute atomic E-state index is 0. The summed E-state index contributed by atoms with van der Waals surface area (Å²) in [6.45, 7) is 3.82. The van der Waals surface area contributed by atoms with E-state index in [0.717, 1.165) is 11.4 Å². The van der Waals surface area contributed by atoms with E-state index in [2.05, 4.69) is 26.3 Å². The van der Waals surface area contributed by atoms with E-state index < -0.39 is 0 Å². The summed E-state index contributed by atoms with van der Waals surface area (Å²) in [7, 11) is 0. The molecule has 0 bridgehead atoms. The first-order valence-corrected chi connectivity index (χ1v) is 4.41. The summed E-state index contributed by atoms with van der Waals surface area (Å²) in [5.74, 6) is 3.50. The van der Waals surface area contributed by atoms with Gasteiger partial charge in [0.25, 0.3) is 0 Å². The molecule has 0 aliphatic rings. The third-order valence-corrected chi connectivity index (χ3v) is 1.20. The van der Waals surface area contributed by atoms with Crippen molar-refractivity contribution in [2.24, 2.45) is 5.90 Å². The molecule has 0 spiro atoms. The second kappa shape index (κ2) is 42.7. The molecule has 126 valence electrons. The summed E-state index contributed by atoms with van der Waals surface area (Å²) in [5, 5.41) is 21.0. The molecule has 0 saturated heterocycles. The van der Waals surface area contributed by atoms with Crippen LogP contribution in [-0.2, 0) is 34.1 Å². The summed E-state index contributed by atoms with van der Waals surface area (Å²) in [6, 6.07) is 3.72. The minimum atomic E-state index is 0. The van der Waals surface area contributed by atoms with Crippen molar-refractivity contribution in [1.29, 1.82) is 0 Å². The minimum Gasteiger partial charge on any atom is -0.582 e. The monoisotopic (exact) mass is 397 g/mol. The standard InChI is InChI=1S/2C4H5N2.2Fe.H3NO.3NO/c2*1-4-2-3-5-6-4;;;4*1-2/h2*2-3H,1H3;;;2H,1H2;;;/q2*-1;;+4;;3*-1. The number of hydrogen-bond donors (Lipinski definition) is 2. The van der Waals surface area contributed by atoms with Crippen LogP contribution in [0.5, 0.6) is 0 Å². The van der Waals surface area contributed by atoms with Gasteiger partial charge in [0, 0.05) is 29.0 Å². The Morgan fingerprint density at radius 1 is 1.05 bits per heavy atom. The number of nitrogens with two attached hydrogens (primary N) is 1. The van der Waals surface area contributed by atoms with E-state index in [1.165, 1.54) is 0 Å². The molecule has 0 amide bonds. The quantitative estimate of drug-likeness (QED) is 0.477. The van der Waals surface area contributed by atoms with Crippen LogP contribution in [0.1, 0.15) is 11.4 Å². The summed E-state index contributed by atoms with van der Waals surface area (Å²) in [6.07, 6.45) is 3.35. The van der Waals surface area contributed by atoms with Gasteiger partial charge in [-0.3, -0.25) is 0 Å². The Bertz CT molecular complexity index is 314. The van der Waals surface area contributed by atoms with Crippen LogP contribution in [0, 0.1) is 28.6 Å². The average molecular weight is 397 g/mol. The molecule has 12 nitrogen and oxygen atoms in total. The molecule has 2 aromatic heterocycles. The molecule has 2 rings (SSSR count). The van der Waals surface area contributed by atoms with Crippen molar-refractivity contribution in [3.05, 3.63) is 67.4 Å². The van der Waals surface area contributed by atoms with E-state index in [-0.39, 0.29) is 34.1 Å². The second-order valence-corrected chi connectivity index (χ2v) is 2.35. The molecule has 0 aliphatic carbocycles. The fourth-order valence-corrected chi connectivity index (χ4v) is 0.598. The number of rotatable bonds is 0. The van der Waals surface area contributed by atoms with E-state index in [0.29, 0.717) is 0 Å². The van der Waals surface area contributed by atoms with Gasteiger partial charge in [0.1, 0.15) is 0 Å². The van der Waals surface area contributed by atoms with Crippen LogP contribution in [0.3, 0.4) is 0 Å². The van der Waals surface area contributed by atoms with Gasteiger partial charge in [-0.05, 0) is 6.92 Å². The van der Waals surface area contributed by atoms with Crippen LogP contribution in [0.4, 0.5) is 0 Å². The van der Waals surface area contributed by atoms with Crippen LogP contribution in [-0.4, -0.2) is 15.4 Å². The fraction of sp³-hybridized carbons (Fsp3) is 0.250. The fourth-order valence-electron chi connectivity index (χ4n) is 0.598. The van der Waals surface area contributed by atoms with Crippen LogP contribution in [0.2, 0.25) is 0 Å². The topological polar surface area (TPSA) is 218 Å². The summed E-state index contributed by atoms with van der Waals surface area (Å²) in [5.41, 5.74) is 19.2. The Kier molecular flexibility index (Phi) is 71.7. The number of nitroso groups, excluding NO2 is 3. The SMILES string of the molecule is Cc1cc[n-]n1.Cc1ccn[n-]1.NO.[Fe+4].[Fe].[N-]=O.[N-]=O.[N-]=O. The van der Waals surface area contributed by atoms with Gasteiger partial charge in [0.15, 0.2) is 0 Å². The average Bonchev–Trinajstić information content (AvgIpc) is 3.22. The third kappa shape index (κ3) is 36.2. The number of aryl methyl sites for hydroxylation is 2. The predicted octanol–water partition coefficient (Wildman–Crippen LogP) is 0.990. The molecular weight excluding hydrogens is 384 g/mol. The van der Waals surface area contributed by atoms with E-state index in [1.807, 2.05) is 26.0 Å². The molecule has 0 saturated carbocycles. The molecular formula is C8H13Fe2N8O4-. The van der Waals surface area contributed by atoms with Crippen molar-refractivity contribution >= 4 is 0 Å². The zero-order chi connectivity index (χ0) is 16.8. The van der Waals surface area contributed by atoms with Crippen molar-refractivity contribution in [2.45, 2.75) is 13.8 Å². The second-order valence-electron chi connectivity index (χ2n) is 2.35. The summed E-state index contributed by atoms with van der Waals surface area (Å²) < 4.78 is 0. The molecule has 0 aliphatic heterocycles. The summed E-state index contributed by atoms with van der Waals surface area (Å²) in [4.78, 5) is 21.8. The maximum Gasteiger partial charge on any atom is 4.00 e. The zero-order valence-corrected chi connectivity index (χ0v) is 13.6. The van der Waals surface area contributed by atoms with Crippen LogP contribution in [0.25, 0.3) is 16.8 Å². The Balaban J connectivity index is -0.0000000380. The molecule has 14 heteroatoms. The molecule has 3 N–H and O–H groups in total. The molecule has 22 heavy (non-hydrogen) atoms. The van der Waals surface area contributed by atoms with Gasteiger partial charge in [0.2, 0.25) is 0 Å². The maximum absolute atomic E-state index is 7.25. The Labute approximate surface area is 147 Å². The Hall–Kier alpha value is -1.82. The van der Waals surface area contributed by atoms with E-state index in [9.17, 15) is 0 Å². The van der Waals surface area contributed by atoms with Gasteiger partial charge in [-0.1, -0.05) is 19.1 Å². The Morgan fingerprint density at radius 3 is 1.59 bits per heavy atom. The first kappa shape index (κ1) is 36.9. The maximum atomic E-state index is 7.25. The summed E-state index contributed by atoms with van der Waals surface area (Å²) >= 11 is 0. The normalized spacial score (nSPS) is 5.64. The van der Waals surface area contributed by atoms with E-state index in [1.54, 1.807) is 12.4 Å². The van der Waals surface area contributed by atoms with Gasteiger partial charge in [-0.15, -0.1) is 5.69 Å².